The molecule has 0 saturated heterocycles. The average Bonchev–Trinajstić information content (AvgIpc) is 2.75. The number of aromatic amines is 1. The van der Waals surface area contributed by atoms with Crippen LogP contribution in [0.1, 0.15) is 0 Å². The van der Waals surface area contributed by atoms with Crippen LogP contribution in [0.4, 0.5) is 0 Å². The maximum Gasteiger partial charge on any atom is 0.439 e. The molecule has 0 aliphatic carbocycles. The third kappa shape index (κ3) is 1.76. The molecule has 6 heteroatoms. The average molecular weight is 292 g/mol. The van der Waals surface area contributed by atoms with Crippen LogP contribution < -0.4 is 5.76 Å². The highest BCUT2D eigenvalue weighted by Gasteiger charge is 2.11. The molecular formula is C11H6BrN3O2. The van der Waals surface area contributed by atoms with Gasteiger partial charge in [0.25, 0.3) is 0 Å². The third-order valence-electron chi connectivity index (χ3n) is 2.34. The Labute approximate surface area is 104 Å². The summed E-state index contributed by atoms with van der Waals surface area (Å²) in [5.41, 5.74) is 1.38. The maximum atomic E-state index is 10.9. The highest BCUT2D eigenvalue weighted by Crippen LogP contribution is 2.26. The van der Waals surface area contributed by atoms with E-state index >= 15 is 0 Å². The summed E-state index contributed by atoms with van der Waals surface area (Å²) < 4.78 is 5.21. The molecule has 0 bridgehead atoms. The van der Waals surface area contributed by atoms with E-state index in [4.69, 9.17) is 0 Å². The maximum absolute atomic E-state index is 10.9. The molecule has 0 unspecified atom stereocenters. The minimum Gasteiger partial charge on any atom is -0.296 e. The smallest absolute Gasteiger partial charge is 0.296 e. The van der Waals surface area contributed by atoms with Crippen LogP contribution in [0.5, 0.6) is 0 Å². The summed E-state index contributed by atoms with van der Waals surface area (Å²) in [6.07, 6.45) is 0. The first kappa shape index (κ1) is 10.2. The standard InChI is InChI=1S/C11H6BrN3O2/c12-7-5-6-3-1-2-4-8(6)13-9(7)10-14-11(16)17-15-10/h1-5H,(H,14,15,16). The first-order chi connectivity index (χ1) is 8.24. The number of rotatable bonds is 1. The monoisotopic (exact) mass is 291 g/mol. The number of fused-ring (bicyclic) bond motifs is 1. The second-order valence-electron chi connectivity index (χ2n) is 3.46. The Morgan fingerprint density at radius 1 is 1.29 bits per heavy atom. The van der Waals surface area contributed by atoms with Crippen molar-refractivity contribution in [3.8, 4) is 11.5 Å². The first-order valence-corrected chi connectivity index (χ1v) is 5.65. The van der Waals surface area contributed by atoms with Crippen molar-refractivity contribution in [3.63, 3.8) is 0 Å². The Hall–Kier alpha value is -1.95. The third-order valence-corrected chi connectivity index (χ3v) is 2.95. The van der Waals surface area contributed by atoms with Gasteiger partial charge in [0.2, 0.25) is 5.82 Å². The number of hydrogen-bond acceptors (Lipinski definition) is 4. The molecule has 0 saturated carbocycles. The van der Waals surface area contributed by atoms with E-state index in [1.807, 2.05) is 30.3 Å². The van der Waals surface area contributed by atoms with Gasteiger partial charge in [0.05, 0.1) is 5.52 Å². The summed E-state index contributed by atoms with van der Waals surface area (Å²) in [6, 6.07) is 9.61. The van der Waals surface area contributed by atoms with Crippen molar-refractivity contribution in [1.82, 2.24) is 15.1 Å². The lowest BCUT2D eigenvalue weighted by Crippen LogP contribution is -1.96. The fourth-order valence-corrected chi connectivity index (χ4v) is 2.11. The minimum atomic E-state index is -0.596. The molecule has 3 rings (SSSR count). The summed E-state index contributed by atoms with van der Waals surface area (Å²) in [5.74, 6) is -0.283. The van der Waals surface area contributed by atoms with Crippen molar-refractivity contribution < 1.29 is 4.52 Å². The summed E-state index contributed by atoms with van der Waals surface area (Å²) in [4.78, 5) is 17.8. The van der Waals surface area contributed by atoms with E-state index in [1.54, 1.807) is 0 Å². The van der Waals surface area contributed by atoms with Gasteiger partial charge in [-0.3, -0.25) is 9.51 Å². The van der Waals surface area contributed by atoms with Crippen LogP contribution in [0.15, 0.2) is 44.1 Å². The number of aromatic nitrogens is 3. The van der Waals surface area contributed by atoms with Gasteiger partial charge < -0.3 is 0 Å². The van der Waals surface area contributed by atoms with E-state index in [1.165, 1.54) is 0 Å². The van der Waals surface area contributed by atoms with Gasteiger partial charge in [-0.05, 0) is 28.1 Å². The van der Waals surface area contributed by atoms with E-state index < -0.39 is 5.76 Å². The molecule has 1 aromatic carbocycles. The highest BCUT2D eigenvalue weighted by atomic mass is 79.9. The van der Waals surface area contributed by atoms with Crippen LogP contribution >= 0.6 is 15.9 Å². The van der Waals surface area contributed by atoms with Crippen molar-refractivity contribution in [2.45, 2.75) is 0 Å². The van der Waals surface area contributed by atoms with E-state index in [9.17, 15) is 4.79 Å². The second-order valence-corrected chi connectivity index (χ2v) is 4.31. The Balaban J connectivity index is 2.29. The van der Waals surface area contributed by atoms with Gasteiger partial charge in [-0.2, -0.15) is 0 Å². The number of benzene rings is 1. The van der Waals surface area contributed by atoms with Crippen LogP contribution in [0.3, 0.4) is 0 Å². The molecule has 2 heterocycles. The number of nitrogens with one attached hydrogen (secondary N) is 1. The zero-order valence-electron chi connectivity index (χ0n) is 8.48. The molecule has 3 aromatic rings. The van der Waals surface area contributed by atoms with Crippen LogP contribution in [0.25, 0.3) is 22.4 Å². The quantitative estimate of drug-likeness (QED) is 0.747. The fraction of sp³-hybridized carbons (Fsp3) is 0. The molecule has 0 spiro atoms. The van der Waals surface area contributed by atoms with E-state index in [-0.39, 0.29) is 0 Å². The molecule has 0 fully saturated rings. The molecule has 0 aliphatic heterocycles. The number of hydrogen-bond donors (Lipinski definition) is 1. The lowest BCUT2D eigenvalue weighted by Gasteiger charge is -2.02. The molecule has 17 heavy (non-hydrogen) atoms. The highest BCUT2D eigenvalue weighted by molar-refractivity contribution is 9.10. The molecule has 1 N–H and O–H groups in total. The van der Waals surface area contributed by atoms with Crippen LogP contribution in [-0.4, -0.2) is 15.1 Å². The Morgan fingerprint density at radius 3 is 2.88 bits per heavy atom. The molecule has 0 atom stereocenters. The predicted octanol–water partition coefficient (Wildman–Crippen LogP) is 2.34. The summed E-state index contributed by atoms with van der Waals surface area (Å²) in [7, 11) is 0. The molecule has 0 aliphatic rings. The van der Waals surface area contributed by atoms with Crippen molar-refractivity contribution in [1.29, 1.82) is 0 Å². The Bertz CT molecular complexity index is 748. The number of halogens is 1. The van der Waals surface area contributed by atoms with E-state index in [2.05, 4.69) is 35.6 Å². The van der Waals surface area contributed by atoms with Crippen molar-refractivity contribution >= 4 is 26.8 Å². The molecule has 84 valence electrons. The minimum absolute atomic E-state index is 0.313. The molecule has 2 aromatic heterocycles. The van der Waals surface area contributed by atoms with E-state index in [0.717, 1.165) is 15.4 Å². The normalized spacial score (nSPS) is 10.9. The van der Waals surface area contributed by atoms with Gasteiger partial charge >= 0.3 is 5.76 Å². The number of nitrogens with zero attached hydrogens (tertiary/aromatic N) is 2. The van der Waals surface area contributed by atoms with Crippen molar-refractivity contribution in [2.75, 3.05) is 0 Å². The summed E-state index contributed by atoms with van der Waals surface area (Å²) in [6.45, 7) is 0. The lowest BCUT2D eigenvalue weighted by molar-refractivity contribution is 0.387. The molecular weight excluding hydrogens is 286 g/mol. The van der Waals surface area contributed by atoms with Crippen molar-refractivity contribution in [2.24, 2.45) is 0 Å². The van der Waals surface area contributed by atoms with Gasteiger partial charge in [0, 0.05) is 9.86 Å². The summed E-state index contributed by atoms with van der Waals surface area (Å²) in [5, 5.41) is 4.63. The van der Waals surface area contributed by atoms with Gasteiger partial charge in [-0.1, -0.05) is 23.4 Å². The van der Waals surface area contributed by atoms with Gasteiger partial charge in [0.15, 0.2) is 0 Å². The Morgan fingerprint density at radius 2 is 2.12 bits per heavy atom. The van der Waals surface area contributed by atoms with E-state index in [0.29, 0.717) is 11.5 Å². The number of para-hydroxylation sites is 1. The fourth-order valence-electron chi connectivity index (χ4n) is 1.59. The zero-order valence-corrected chi connectivity index (χ0v) is 10.1. The van der Waals surface area contributed by atoms with Crippen molar-refractivity contribution in [3.05, 3.63) is 45.4 Å². The second kappa shape index (κ2) is 3.81. The van der Waals surface area contributed by atoms with Crippen LogP contribution in [0.2, 0.25) is 0 Å². The lowest BCUT2D eigenvalue weighted by atomic mass is 10.2. The SMILES string of the molecule is O=c1[nH]c(-c2nc3ccccc3cc2Br)no1. The van der Waals surface area contributed by atoms with Crippen LogP contribution in [0, 0.1) is 0 Å². The molecule has 0 amide bonds. The predicted molar refractivity (Wildman–Crippen MR) is 65.6 cm³/mol. The van der Waals surface area contributed by atoms with Gasteiger partial charge in [-0.15, -0.1) is 0 Å². The Kier molecular flexibility index (Phi) is 2.29. The number of H-pyrrole nitrogens is 1. The zero-order chi connectivity index (χ0) is 11.8. The number of pyridine rings is 1. The van der Waals surface area contributed by atoms with Gasteiger partial charge in [0.1, 0.15) is 5.69 Å². The first-order valence-electron chi connectivity index (χ1n) is 4.86. The topological polar surface area (TPSA) is 71.8 Å². The largest absolute Gasteiger partial charge is 0.439 e. The molecule has 5 nitrogen and oxygen atoms in total. The summed E-state index contributed by atoms with van der Waals surface area (Å²) >= 11 is 3.40. The molecule has 0 radical (unpaired) electrons. The van der Waals surface area contributed by atoms with Crippen LogP contribution in [-0.2, 0) is 0 Å². The van der Waals surface area contributed by atoms with Gasteiger partial charge in [-0.25, -0.2) is 9.78 Å².